The number of nitrogens with zero attached hydrogens (tertiary/aromatic N) is 1. The number of carbonyl (C=O) groups excluding carboxylic acids is 1. The minimum absolute atomic E-state index is 0.0997. The number of aryl methyl sites for hydroxylation is 2. The molecule has 0 aliphatic rings. The number of rotatable bonds is 7. The summed E-state index contributed by atoms with van der Waals surface area (Å²) < 4.78 is 33.3. The van der Waals surface area contributed by atoms with Crippen LogP contribution in [-0.2, 0) is 14.8 Å². The summed E-state index contributed by atoms with van der Waals surface area (Å²) in [6, 6.07) is 20.6. The molecule has 3 rings (SSSR count). The minimum Gasteiger partial charge on any atom is -0.495 e. The summed E-state index contributed by atoms with van der Waals surface area (Å²) in [5.41, 5.74) is 2.75. The molecular weight excluding hydrogens is 400 g/mol. The quantitative estimate of drug-likeness (QED) is 0.618. The molecule has 0 spiro atoms. The second-order valence-corrected chi connectivity index (χ2v) is 8.72. The third-order valence-corrected chi connectivity index (χ3v) is 6.44. The number of ether oxygens (including phenoxy) is 1. The Kier molecular flexibility index (Phi) is 6.42. The maximum atomic E-state index is 13.5. The molecule has 0 saturated heterocycles. The van der Waals surface area contributed by atoms with Gasteiger partial charge >= 0.3 is 0 Å². The molecule has 0 radical (unpaired) electrons. The molecule has 7 heteroatoms. The Morgan fingerprint density at radius 2 is 1.57 bits per heavy atom. The number of benzene rings is 3. The summed E-state index contributed by atoms with van der Waals surface area (Å²) in [6.45, 7) is 3.35. The van der Waals surface area contributed by atoms with Crippen LogP contribution < -0.4 is 14.4 Å². The van der Waals surface area contributed by atoms with Gasteiger partial charge in [-0.2, -0.15) is 0 Å². The number of amides is 1. The van der Waals surface area contributed by atoms with E-state index in [0.717, 1.165) is 15.4 Å². The van der Waals surface area contributed by atoms with Crippen molar-refractivity contribution in [3.8, 4) is 5.75 Å². The Bertz CT molecular complexity index is 1140. The molecule has 3 aromatic rings. The van der Waals surface area contributed by atoms with E-state index in [2.05, 4.69) is 5.32 Å². The van der Waals surface area contributed by atoms with Crippen molar-refractivity contribution in [3.63, 3.8) is 0 Å². The molecule has 0 aliphatic heterocycles. The molecule has 0 bridgehead atoms. The Morgan fingerprint density at radius 1 is 0.933 bits per heavy atom. The number of sulfonamides is 1. The van der Waals surface area contributed by atoms with Crippen LogP contribution in [0, 0.1) is 13.8 Å². The van der Waals surface area contributed by atoms with E-state index in [-0.39, 0.29) is 4.90 Å². The molecule has 0 aliphatic carbocycles. The summed E-state index contributed by atoms with van der Waals surface area (Å²) in [4.78, 5) is 12.9. The van der Waals surface area contributed by atoms with Crippen LogP contribution in [0.2, 0.25) is 0 Å². The normalized spacial score (nSPS) is 11.0. The van der Waals surface area contributed by atoms with Gasteiger partial charge in [-0.25, -0.2) is 8.42 Å². The van der Waals surface area contributed by atoms with Crippen LogP contribution in [0.25, 0.3) is 0 Å². The highest BCUT2D eigenvalue weighted by molar-refractivity contribution is 7.92. The van der Waals surface area contributed by atoms with Gasteiger partial charge in [0, 0.05) is 5.69 Å². The molecule has 0 unspecified atom stereocenters. The van der Waals surface area contributed by atoms with Gasteiger partial charge in [0.05, 0.1) is 17.7 Å². The van der Waals surface area contributed by atoms with Gasteiger partial charge in [-0.1, -0.05) is 48.0 Å². The van der Waals surface area contributed by atoms with E-state index in [4.69, 9.17) is 4.74 Å². The summed E-state index contributed by atoms with van der Waals surface area (Å²) in [7, 11) is -2.55. The lowest BCUT2D eigenvalue weighted by atomic mass is 10.2. The Labute approximate surface area is 177 Å². The highest BCUT2D eigenvalue weighted by atomic mass is 32.2. The lowest BCUT2D eigenvalue weighted by molar-refractivity contribution is -0.114. The summed E-state index contributed by atoms with van der Waals surface area (Å²) >= 11 is 0. The highest BCUT2D eigenvalue weighted by Gasteiger charge is 2.29. The van der Waals surface area contributed by atoms with E-state index in [1.807, 2.05) is 32.0 Å². The molecule has 156 valence electrons. The third-order valence-electron chi connectivity index (χ3n) is 4.67. The average molecular weight is 425 g/mol. The second-order valence-electron chi connectivity index (χ2n) is 6.86. The number of hydrogen-bond acceptors (Lipinski definition) is 4. The maximum absolute atomic E-state index is 13.5. The molecule has 30 heavy (non-hydrogen) atoms. The van der Waals surface area contributed by atoms with Crippen LogP contribution in [0.15, 0.2) is 77.7 Å². The van der Waals surface area contributed by atoms with Crippen LogP contribution in [0.5, 0.6) is 5.75 Å². The number of methoxy groups -OCH3 is 1. The van der Waals surface area contributed by atoms with Crippen LogP contribution >= 0.6 is 0 Å². The fraction of sp³-hybridized carbons (Fsp3) is 0.174. The first-order valence-corrected chi connectivity index (χ1v) is 10.8. The van der Waals surface area contributed by atoms with Gasteiger partial charge in [-0.05, 0) is 49.7 Å². The SMILES string of the molecule is COc1ccccc1N(CC(=O)Nc1ccccc1C)S(=O)(=O)c1ccc(C)cc1. The van der Waals surface area contributed by atoms with E-state index in [0.29, 0.717) is 17.1 Å². The monoisotopic (exact) mass is 424 g/mol. The fourth-order valence-electron chi connectivity index (χ4n) is 3.01. The number of nitrogens with one attached hydrogen (secondary N) is 1. The van der Waals surface area contributed by atoms with E-state index >= 15 is 0 Å². The van der Waals surface area contributed by atoms with Crippen molar-refractivity contribution in [1.29, 1.82) is 0 Å². The predicted octanol–water partition coefficient (Wildman–Crippen LogP) is 4.15. The van der Waals surface area contributed by atoms with E-state index in [1.165, 1.54) is 19.2 Å². The zero-order chi connectivity index (χ0) is 21.7. The smallest absolute Gasteiger partial charge is 0.264 e. The van der Waals surface area contributed by atoms with Crippen molar-refractivity contribution in [3.05, 3.63) is 83.9 Å². The molecule has 0 atom stereocenters. The Morgan fingerprint density at radius 3 is 2.23 bits per heavy atom. The predicted molar refractivity (Wildman–Crippen MR) is 119 cm³/mol. The first-order chi connectivity index (χ1) is 14.3. The van der Waals surface area contributed by atoms with Gasteiger partial charge in [-0.3, -0.25) is 9.10 Å². The number of carbonyl (C=O) groups is 1. The molecular formula is C23H24N2O4S. The molecule has 0 aromatic heterocycles. The largest absolute Gasteiger partial charge is 0.495 e. The summed E-state index contributed by atoms with van der Waals surface area (Å²) in [5, 5.41) is 2.79. The molecule has 3 aromatic carbocycles. The number of anilines is 2. The van der Waals surface area contributed by atoms with Gasteiger partial charge < -0.3 is 10.1 Å². The molecule has 0 saturated carbocycles. The molecule has 1 N–H and O–H groups in total. The first-order valence-electron chi connectivity index (χ1n) is 9.41. The molecule has 6 nitrogen and oxygen atoms in total. The fourth-order valence-corrected chi connectivity index (χ4v) is 4.44. The number of hydrogen-bond donors (Lipinski definition) is 1. The number of para-hydroxylation sites is 3. The lowest BCUT2D eigenvalue weighted by Crippen LogP contribution is -2.38. The van der Waals surface area contributed by atoms with Crippen molar-refractivity contribution in [2.24, 2.45) is 0 Å². The van der Waals surface area contributed by atoms with Crippen molar-refractivity contribution in [2.75, 3.05) is 23.3 Å². The maximum Gasteiger partial charge on any atom is 0.264 e. The third kappa shape index (κ3) is 4.63. The summed E-state index contributed by atoms with van der Waals surface area (Å²) in [6.07, 6.45) is 0. The van der Waals surface area contributed by atoms with Crippen molar-refractivity contribution in [2.45, 2.75) is 18.7 Å². The van der Waals surface area contributed by atoms with Gasteiger partial charge in [0.1, 0.15) is 12.3 Å². The van der Waals surface area contributed by atoms with Gasteiger partial charge in [0.2, 0.25) is 5.91 Å². The van der Waals surface area contributed by atoms with Gasteiger partial charge in [0.15, 0.2) is 0 Å². The van der Waals surface area contributed by atoms with E-state index < -0.39 is 22.5 Å². The molecule has 0 heterocycles. The summed E-state index contributed by atoms with van der Waals surface area (Å²) in [5.74, 6) is -0.0947. The zero-order valence-corrected chi connectivity index (χ0v) is 17.9. The molecule has 1 amide bonds. The van der Waals surface area contributed by atoms with Gasteiger partial charge in [0.25, 0.3) is 10.0 Å². The zero-order valence-electron chi connectivity index (χ0n) is 17.1. The van der Waals surface area contributed by atoms with Crippen LogP contribution in [-0.4, -0.2) is 28.0 Å². The van der Waals surface area contributed by atoms with Crippen LogP contribution in [0.4, 0.5) is 11.4 Å². The van der Waals surface area contributed by atoms with Crippen LogP contribution in [0.3, 0.4) is 0 Å². The molecule has 0 fully saturated rings. The minimum atomic E-state index is -4.01. The van der Waals surface area contributed by atoms with E-state index in [1.54, 1.807) is 42.5 Å². The Balaban J connectivity index is 2.00. The average Bonchev–Trinajstić information content (AvgIpc) is 2.74. The van der Waals surface area contributed by atoms with Crippen molar-refractivity contribution < 1.29 is 17.9 Å². The Hall–Kier alpha value is -3.32. The topological polar surface area (TPSA) is 75.7 Å². The van der Waals surface area contributed by atoms with Crippen LogP contribution in [0.1, 0.15) is 11.1 Å². The van der Waals surface area contributed by atoms with Crippen molar-refractivity contribution >= 4 is 27.3 Å². The highest BCUT2D eigenvalue weighted by Crippen LogP contribution is 2.32. The van der Waals surface area contributed by atoms with Crippen molar-refractivity contribution in [1.82, 2.24) is 0 Å². The first kappa shape index (κ1) is 21.4. The van der Waals surface area contributed by atoms with Gasteiger partial charge in [-0.15, -0.1) is 0 Å². The van der Waals surface area contributed by atoms with E-state index in [9.17, 15) is 13.2 Å². The second kappa shape index (κ2) is 9.00. The standard InChI is InChI=1S/C23H24N2O4S/c1-17-12-14-19(15-13-17)30(27,28)25(21-10-6-7-11-22(21)29-3)16-23(26)24-20-9-5-4-8-18(20)2/h4-15H,16H2,1-3H3,(H,24,26). The lowest BCUT2D eigenvalue weighted by Gasteiger charge is -2.25.